The highest BCUT2D eigenvalue weighted by Gasteiger charge is 2.30. The third kappa shape index (κ3) is 4.70. The van der Waals surface area contributed by atoms with Gasteiger partial charge in [0.15, 0.2) is 0 Å². The second-order valence-corrected chi connectivity index (χ2v) is 8.25. The van der Waals surface area contributed by atoms with Crippen molar-refractivity contribution < 1.29 is 26.3 Å². The van der Waals surface area contributed by atoms with E-state index < -0.39 is 27.9 Å². The number of sulfonamides is 1. The van der Waals surface area contributed by atoms with Crippen LogP contribution in [0.1, 0.15) is 16.5 Å². The summed E-state index contributed by atoms with van der Waals surface area (Å²) in [7, 11) is -2.53. The van der Waals surface area contributed by atoms with Crippen molar-refractivity contribution in [2.24, 2.45) is 0 Å². The van der Waals surface area contributed by atoms with E-state index >= 15 is 0 Å². The van der Waals surface area contributed by atoms with Crippen LogP contribution in [0, 0.1) is 0 Å². The fourth-order valence-electron chi connectivity index (χ4n) is 1.89. The van der Waals surface area contributed by atoms with E-state index in [9.17, 15) is 21.6 Å². The summed E-state index contributed by atoms with van der Waals surface area (Å²) < 4.78 is 70.0. The van der Waals surface area contributed by atoms with Gasteiger partial charge in [0.1, 0.15) is 6.10 Å². The van der Waals surface area contributed by atoms with Crippen molar-refractivity contribution in [3.05, 3.63) is 51.2 Å². The zero-order valence-electron chi connectivity index (χ0n) is 12.3. The monoisotopic (exact) mass is 399 g/mol. The lowest BCUT2D eigenvalue weighted by molar-refractivity contribution is -0.137. The van der Waals surface area contributed by atoms with E-state index in [-0.39, 0.29) is 11.4 Å². The molecule has 4 nitrogen and oxygen atoms in total. The molecule has 24 heavy (non-hydrogen) atoms. The minimum absolute atomic E-state index is 0.0727. The Morgan fingerprint density at radius 1 is 1.21 bits per heavy atom. The van der Waals surface area contributed by atoms with Gasteiger partial charge in [-0.25, -0.2) is 13.1 Å². The molecule has 2 rings (SSSR count). The molecule has 0 fully saturated rings. The van der Waals surface area contributed by atoms with Gasteiger partial charge < -0.3 is 4.74 Å². The van der Waals surface area contributed by atoms with Gasteiger partial charge >= 0.3 is 6.18 Å². The highest BCUT2D eigenvalue weighted by molar-refractivity contribution is 7.89. The van der Waals surface area contributed by atoms with Crippen LogP contribution in [0.4, 0.5) is 13.2 Å². The minimum atomic E-state index is -4.52. The van der Waals surface area contributed by atoms with Crippen LogP contribution in [0.5, 0.6) is 0 Å². The van der Waals surface area contributed by atoms with Gasteiger partial charge in [-0.05, 0) is 36.4 Å². The Morgan fingerprint density at radius 3 is 2.29 bits per heavy atom. The van der Waals surface area contributed by atoms with E-state index in [0.29, 0.717) is 4.34 Å². The zero-order valence-corrected chi connectivity index (χ0v) is 14.7. The maximum Gasteiger partial charge on any atom is 0.416 e. The van der Waals surface area contributed by atoms with Gasteiger partial charge in [0.25, 0.3) is 0 Å². The molecule has 1 N–H and O–H groups in total. The molecule has 0 aliphatic rings. The summed E-state index contributed by atoms with van der Waals surface area (Å²) in [5.41, 5.74) is -0.913. The van der Waals surface area contributed by atoms with Crippen molar-refractivity contribution in [1.82, 2.24) is 4.72 Å². The standard InChI is InChI=1S/C14H13ClF3NO3S2/c1-22-11(12-6-7-13(15)23-12)8-19-24(20,21)10-4-2-9(3-5-10)14(16,17)18/h2-7,11,19H,8H2,1H3. The molecule has 0 saturated carbocycles. The van der Waals surface area contributed by atoms with E-state index in [0.717, 1.165) is 29.1 Å². The number of halogens is 4. The predicted octanol–water partition coefficient (Wildman–Crippen LogP) is 4.09. The van der Waals surface area contributed by atoms with Crippen LogP contribution < -0.4 is 4.72 Å². The van der Waals surface area contributed by atoms with Crippen LogP contribution in [0.15, 0.2) is 41.3 Å². The lowest BCUT2D eigenvalue weighted by Gasteiger charge is -2.15. The second-order valence-electron chi connectivity index (χ2n) is 4.74. The molecule has 0 saturated heterocycles. The number of ether oxygens (including phenoxy) is 1. The first-order valence-electron chi connectivity index (χ1n) is 6.58. The van der Waals surface area contributed by atoms with Gasteiger partial charge in [0.2, 0.25) is 10.0 Å². The first kappa shape index (κ1) is 19.2. The lowest BCUT2D eigenvalue weighted by Crippen LogP contribution is -2.29. The molecule has 0 amide bonds. The highest BCUT2D eigenvalue weighted by atomic mass is 35.5. The van der Waals surface area contributed by atoms with Crippen LogP contribution in [-0.2, 0) is 20.9 Å². The topological polar surface area (TPSA) is 55.4 Å². The van der Waals surface area contributed by atoms with Gasteiger partial charge in [0, 0.05) is 18.5 Å². The summed E-state index contributed by atoms with van der Waals surface area (Å²) in [6.45, 7) is -0.0727. The summed E-state index contributed by atoms with van der Waals surface area (Å²) in [6.07, 6.45) is -5.07. The summed E-state index contributed by atoms with van der Waals surface area (Å²) >= 11 is 7.08. The number of alkyl halides is 3. The van der Waals surface area contributed by atoms with Crippen molar-refractivity contribution in [2.45, 2.75) is 17.2 Å². The van der Waals surface area contributed by atoms with E-state index in [1.54, 1.807) is 12.1 Å². The van der Waals surface area contributed by atoms with Crippen LogP contribution in [0.3, 0.4) is 0 Å². The van der Waals surface area contributed by atoms with Crippen LogP contribution in [0.2, 0.25) is 4.34 Å². The SMILES string of the molecule is COC(CNS(=O)(=O)c1ccc(C(F)(F)F)cc1)c1ccc(Cl)s1. The van der Waals surface area contributed by atoms with Gasteiger partial charge in [-0.3, -0.25) is 0 Å². The molecular formula is C14H13ClF3NO3S2. The number of benzene rings is 1. The summed E-state index contributed by atoms with van der Waals surface area (Å²) in [6, 6.07) is 6.65. The molecule has 0 bridgehead atoms. The number of thiophene rings is 1. The Bertz CT molecular complexity index is 788. The zero-order chi connectivity index (χ0) is 18.0. The van der Waals surface area contributed by atoms with E-state index in [1.807, 2.05) is 0 Å². The van der Waals surface area contributed by atoms with Crippen molar-refractivity contribution in [3.63, 3.8) is 0 Å². The van der Waals surface area contributed by atoms with Crippen molar-refractivity contribution >= 4 is 33.0 Å². The Labute approximate surface area is 146 Å². The molecule has 1 heterocycles. The smallest absolute Gasteiger partial charge is 0.375 e. The average Bonchev–Trinajstić information content (AvgIpc) is 2.93. The van der Waals surface area contributed by atoms with Gasteiger partial charge in [-0.15, -0.1) is 11.3 Å². The molecule has 132 valence electrons. The number of methoxy groups -OCH3 is 1. The van der Waals surface area contributed by atoms with Crippen LogP contribution in [-0.4, -0.2) is 22.1 Å². The molecule has 0 aliphatic heterocycles. The van der Waals surface area contributed by atoms with Crippen molar-refractivity contribution in [3.8, 4) is 0 Å². The van der Waals surface area contributed by atoms with Crippen LogP contribution >= 0.6 is 22.9 Å². The lowest BCUT2D eigenvalue weighted by atomic mass is 10.2. The predicted molar refractivity (Wildman–Crippen MR) is 85.7 cm³/mol. The first-order chi connectivity index (χ1) is 11.1. The molecular weight excluding hydrogens is 387 g/mol. The summed E-state index contributed by atoms with van der Waals surface area (Å²) in [4.78, 5) is 0.479. The Hall–Kier alpha value is -1.13. The molecule has 0 radical (unpaired) electrons. The Morgan fingerprint density at radius 2 is 1.83 bits per heavy atom. The molecule has 2 aromatic rings. The number of nitrogens with one attached hydrogen (secondary N) is 1. The molecule has 10 heteroatoms. The summed E-state index contributed by atoms with van der Waals surface area (Å²) in [5.74, 6) is 0. The first-order valence-corrected chi connectivity index (χ1v) is 9.26. The Kier molecular flexibility index (Phi) is 5.92. The maximum absolute atomic E-state index is 12.5. The van der Waals surface area contributed by atoms with E-state index in [4.69, 9.17) is 16.3 Å². The van der Waals surface area contributed by atoms with Crippen molar-refractivity contribution in [2.75, 3.05) is 13.7 Å². The fraction of sp³-hybridized carbons (Fsp3) is 0.286. The molecule has 0 spiro atoms. The largest absolute Gasteiger partial charge is 0.416 e. The molecule has 1 unspecified atom stereocenters. The normalized spacial score (nSPS) is 13.9. The van der Waals surface area contributed by atoms with Gasteiger partial charge in [-0.2, -0.15) is 13.2 Å². The number of rotatable bonds is 6. The average molecular weight is 400 g/mol. The second kappa shape index (κ2) is 7.40. The molecule has 1 aromatic heterocycles. The molecule has 0 aliphatic carbocycles. The quantitative estimate of drug-likeness (QED) is 0.796. The van der Waals surface area contributed by atoms with E-state index in [2.05, 4.69) is 4.72 Å². The third-order valence-corrected chi connectivity index (χ3v) is 5.91. The molecule has 1 atom stereocenters. The van der Waals surface area contributed by atoms with E-state index in [1.165, 1.54) is 18.4 Å². The number of hydrogen-bond acceptors (Lipinski definition) is 4. The van der Waals surface area contributed by atoms with Gasteiger partial charge in [-0.1, -0.05) is 11.6 Å². The third-order valence-electron chi connectivity index (χ3n) is 3.15. The minimum Gasteiger partial charge on any atom is -0.375 e. The molecule has 1 aromatic carbocycles. The maximum atomic E-state index is 12.5. The number of hydrogen-bond donors (Lipinski definition) is 1. The highest BCUT2D eigenvalue weighted by Crippen LogP contribution is 2.30. The fourth-order valence-corrected chi connectivity index (χ4v) is 4.06. The van der Waals surface area contributed by atoms with Crippen molar-refractivity contribution in [1.29, 1.82) is 0 Å². The van der Waals surface area contributed by atoms with Crippen LogP contribution in [0.25, 0.3) is 0 Å². The van der Waals surface area contributed by atoms with Gasteiger partial charge in [0.05, 0.1) is 14.8 Å². The Balaban J connectivity index is 2.10. The summed E-state index contributed by atoms with van der Waals surface area (Å²) in [5, 5.41) is 0.